The van der Waals surface area contributed by atoms with Gasteiger partial charge in [0.05, 0.1) is 29.8 Å². The maximum Gasteiger partial charge on any atom is 0.311 e. The first kappa shape index (κ1) is 34.4. The number of aliphatic hydroxyl groups excluding tert-OH is 2. The van der Waals surface area contributed by atoms with Crippen molar-refractivity contribution < 1.29 is 39.4 Å². The minimum Gasteiger partial charge on any atom is -0.459 e. The van der Waals surface area contributed by atoms with Crippen LogP contribution in [0.3, 0.4) is 0 Å². The van der Waals surface area contributed by atoms with E-state index < -0.39 is 65.9 Å². The molecule has 2 heterocycles. The standard InChI is InChI=1S/C30H57NO8/c1-12-23-30(10,36)27(33)21(7)31(11)15-16(2)14-29(9,35)20(6)18(4)26(19(5)28(34)38-23)39-24-13-17(3)25(32)22(8)37-24/h16-27,32-33,35-36H,12-15H2,1-11H3/t16-,17+,18-,19-,20-,21-,22+,23-,24+,25-,26+,27-,29-,30-/m1/s1. The molecule has 4 N–H and O–H groups in total. The molecule has 0 aromatic heterocycles. The van der Waals surface area contributed by atoms with Crippen molar-refractivity contribution in [2.75, 3.05) is 13.6 Å². The zero-order valence-corrected chi connectivity index (χ0v) is 26.1. The smallest absolute Gasteiger partial charge is 0.311 e. The van der Waals surface area contributed by atoms with E-state index in [0.717, 1.165) is 0 Å². The van der Waals surface area contributed by atoms with Crippen LogP contribution in [0.4, 0.5) is 0 Å². The van der Waals surface area contributed by atoms with Gasteiger partial charge in [-0.2, -0.15) is 0 Å². The molecule has 0 spiro atoms. The van der Waals surface area contributed by atoms with Crippen molar-refractivity contribution in [3.63, 3.8) is 0 Å². The average Bonchev–Trinajstić information content (AvgIpc) is 2.85. The van der Waals surface area contributed by atoms with Gasteiger partial charge in [-0.3, -0.25) is 4.79 Å². The average molecular weight is 560 g/mol. The second kappa shape index (κ2) is 13.4. The molecule has 0 aromatic carbocycles. The van der Waals surface area contributed by atoms with Gasteiger partial charge in [-0.25, -0.2) is 0 Å². The summed E-state index contributed by atoms with van der Waals surface area (Å²) >= 11 is 0. The molecule has 2 rings (SSSR count). The van der Waals surface area contributed by atoms with E-state index in [9.17, 15) is 25.2 Å². The van der Waals surface area contributed by atoms with Crippen molar-refractivity contribution >= 4 is 5.97 Å². The summed E-state index contributed by atoms with van der Waals surface area (Å²) in [5.41, 5.74) is -2.75. The molecule has 0 amide bonds. The Morgan fingerprint density at radius 1 is 1.05 bits per heavy atom. The molecule has 14 atom stereocenters. The second-order valence-corrected chi connectivity index (χ2v) is 13.4. The maximum absolute atomic E-state index is 13.6. The molecule has 0 radical (unpaired) electrons. The Labute approximate surface area is 236 Å². The van der Waals surface area contributed by atoms with Gasteiger partial charge in [0.2, 0.25) is 0 Å². The third-order valence-corrected chi connectivity index (χ3v) is 9.85. The van der Waals surface area contributed by atoms with Crippen LogP contribution in [0.2, 0.25) is 0 Å². The van der Waals surface area contributed by atoms with Gasteiger partial charge in [-0.05, 0) is 78.2 Å². The zero-order chi connectivity index (χ0) is 30.0. The lowest BCUT2D eigenvalue weighted by atomic mass is 9.72. The highest BCUT2D eigenvalue weighted by molar-refractivity contribution is 5.73. The van der Waals surface area contributed by atoms with Crippen molar-refractivity contribution in [3.05, 3.63) is 0 Å². The van der Waals surface area contributed by atoms with E-state index in [1.165, 1.54) is 6.92 Å². The fourth-order valence-corrected chi connectivity index (χ4v) is 6.62. The van der Waals surface area contributed by atoms with Crippen LogP contribution in [-0.4, -0.2) is 98.9 Å². The number of rotatable bonds is 3. The van der Waals surface area contributed by atoms with Crippen molar-refractivity contribution in [1.29, 1.82) is 0 Å². The molecule has 0 aliphatic carbocycles. The summed E-state index contributed by atoms with van der Waals surface area (Å²) in [7, 11) is 1.89. The number of likely N-dealkylation sites (N-methyl/N-ethyl adjacent to an activating group) is 1. The highest BCUT2D eigenvalue weighted by atomic mass is 16.7. The Bertz CT molecular complexity index is 779. The lowest BCUT2D eigenvalue weighted by Crippen LogP contribution is -2.59. The molecule has 39 heavy (non-hydrogen) atoms. The van der Waals surface area contributed by atoms with E-state index in [-0.39, 0.29) is 23.7 Å². The van der Waals surface area contributed by atoms with E-state index in [1.807, 2.05) is 53.5 Å². The molecule has 2 saturated heterocycles. The molecule has 0 saturated carbocycles. The number of carbonyl (C=O) groups excluding carboxylic acids is 1. The van der Waals surface area contributed by atoms with Gasteiger partial charge in [0, 0.05) is 19.0 Å². The highest BCUT2D eigenvalue weighted by Gasteiger charge is 2.48. The minimum absolute atomic E-state index is 0.0417. The normalized spacial score (nSPS) is 50.1. The summed E-state index contributed by atoms with van der Waals surface area (Å²) in [6.07, 6.45) is -3.11. The first-order chi connectivity index (χ1) is 17.8. The highest BCUT2D eigenvalue weighted by Crippen LogP contribution is 2.38. The Morgan fingerprint density at radius 2 is 1.64 bits per heavy atom. The largest absolute Gasteiger partial charge is 0.459 e. The van der Waals surface area contributed by atoms with Crippen LogP contribution in [0.5, 0.6) is 0 Å². The minimum atomic E-state index is -1.69. The molecule has 0 aromatic rings. The predicted molar refractivity (Wildman–Crippen MR) is 150 cm³/mol. The van der Waals surface area contributed by atoms with E-state index in [0.29, 0.717) is 25.8 Å². The van der Waals surface area contributed by atoms with Crippen LogP contribution >= 0.6 is 0 Å². The SMILES string of the molecule is CC[C@H]1OC(=O)[C@H](C)[C@@H](O[C@H]2C[C@H](C)[C@@H](O)[C@H](C)O2)[C@H](C)[C@@H](C)[C@](C)(O)C[C@@H](C)CN(C)[C@H](C)[C@@H](O)[C@]1(C)O. The number of hydrogen-bond acceptors (Lipinski definition) is 9. The van der Waals surface area contributed by atoms with E-state index in [4.69, 9.17) is 14.2 Å². The van der Waals surface area contributed by atoms with Crippen molar-refractivity contribution in [2.24, 2.45) is 29.6 Å². The van der Waals surface area contributed by atoms with Crippen LogP contribution in [0.15, 0.2) is 0 Å². The van der Waals surface area contributed by atoms with Crippen molar-refractivity contribution in [1.82, 2.24) is 4.90 Å². The van der Waals surface area contributed by atoms with Crippen LogP contribution in [0, 0.1) is 29.6 Å². The monoisotopic (exact) mass is 559 g/mol. The summed E-state index contributed by atoms with van der Waals surface area (Å²) in [6.45, 7) is 19.1. The zero-order valence-electron chi connectivity index (χ0n) is 26.1. The van der Waals surface area contributed by atoms with E-state index >= 15 is 0 Å². The molecule has 2 fully saturated rings. The molecule has 0 unspecified atom stereocenters. The first-order valence-corrected chi connectivity index (χ1v) is 14.9. The van der Waals surface area contributed by atoms with Crippen LogP contribution in [0.25, 0.3) is 0 Å². The molecule has 9 heteroatoms. The molecular weight excluding hydrogens is 502 g/mol. The third-order valence-electron chi connectivity index (χ3n) is 9.85. The van der Waals surface area contributed by atoms with Crippen LogP contribution < -0.4 is 0 Å². The molecule has 9 nitrogen and oxygen atoms in total. The Hall–Kier alpha value is -0.810. The van der Waals surface area contributed by atoms with Gasteiger partial charge in [-0.1, -0.05) is 34.6 Å². The van der Waals surface area contributed by atoms with Gasteiger partial charge < -0.3 is 39.5 Å². The lowest BCUT2D eigenvalue weighted by Gasteiger charge is -2.43. The lowest BCUT2D eigenvalue weighted by molar-refractivity contribution is -0.265. The third kappa shape index (κ3) is 7.93. The fourth-order valence-electron chi connectivity index (χ4n) is 6.62. The quantitative estimate of drug-likeness (QED) is 0.386. The summed E-state index contributed by atoms with van der Waals surface area (Å²) in [6, 6.07) is -0.419. The first-order valence-electron chi connectivity index (χ1n) is 14.9. The number of aliphatic hydroxyl groups is 4. The summed E-state index contributed by atoms with van der Waals surface area (Å²) < 4.78 is 18.4. The Balaban J connectivity index is 2.50. The van der Waals surface area contributed by atoms with Gasteiger partial charge in [0.15, 0.2) is 6.29 Å². The summed E-state index contributed by atoms with van der Waals surface area (Å²) in [5, 5.41) is 44.7. The van der Waals surface area contributed by atoms with Crippen molar-refractivity contribution in [3.8, 4) is 0 Å². The molecule has 2 aliphatic heterocycles. The van der Waals surface area contributed by atoms with Gasteiger partial charge in [0.25, 0.3) is 0 Å². The van der Waals surface area contributed by atoms with Gasteiger partial charge in [0.1, 0.15) is 17.8 Å². The van der Waals surface area contributed by atoms with E-state index in [1.54, 1.807) is 13.8 Å². The number of cyclic esters (lactones) is 1. The number of nitrogens with zero attached hydrogens (tertiary/aromatic N) is 1. The molecule has 2 aliphatic rings. The Morgan fingerprint density at radius 3 is 2.18 bits per heavy atom. The van der Waals surface area contributed by atoms with Gasteiger partial charge >= 0.3 is 5.97 Å². The molecule has 230 valence electrons. The van der Waals surface area contributed by atoms with E-state index in [2.05, 4.69) is 6.92 Å². The van der Waals surface area contributed by atoms with Crippen molar-refractivity contribution in [2.45, 2.75) is 143 Å². The van der Waals surface area contributed by atoms with Crippen LogP contribution in [0.1, 0.15) is 88.5 Å². The second-order valence-electron chi connectivity index (χ2n) is 13.4. The number of hydrogen-bond donors (Lipinski definition) is 4. The van der Waals surface area contributed by atoms with Gasteiger partial charge in [-0.15, -0.1) is 0 Å². The molecule has 0 bridgehead atoms. The topological polar surface area (TPSA) is 129 Å². The Kier molecular flexibility index (Phi) is 11.9. The number of carbonyl (C=O) groups is 1. The fraction of sp³-hybridized carbons (Fsp3) is 0.967. The maximum atomic E-state index is 13.6. The van der Waals surface area contributed by atoms with Crippen LogP contribution in [-0.2, 0) is 19.0 Å². The summed E-state index contributed by atoms with van der Waals surface area (Å²) in [5.74, 6) is -1.74. The number of ether oxygens (including phenoxy) is 3. The summed E-state index contributed by atoms with van der Waals surface area (Å²) in [4.78, 5) is 15.6. The molecular formula is C30H57NO8. The number of esters is 1. The predicted octanol–water partition coefficient (Wildman–Crippen LogP) is 2.96.